The molecule has 0 amide bonds. The Labute approximate surface area is 70.0 Å². The number of nitrogens with zero attached hydrogens (tertiary/aromatic N) is 1. The van der Waals surface area contributed by atoms with E-state index in [1.165, 1.54) is 10.8 Å². The van der Waals surface area contributed by atoms with E-state index < -0.39 is 0 Å². The molecule has 10 heavy (non-hydrogen) atoms. The number of aromatic amines is 1. The number of rotatable bonds is 0. The highest BCUT2D eigenvalue weighted by Gasteiger charge is 1.95. The molecule has 0 saturated carbocycles. The largest absolute Gasteiger partial charge is 0.328 e. The number of H-pyrrole nitrogens is 1. The number of aryl methyl sites for hydroxylation is 1. The molecule has 0 aliphatic heterocycles. The molecule has 1 aromatic rings. The zero-order chi connectivity index (χ0) is 7.72. The molecule has 4 nitrogen and oxygen atoms in total. The van der Waals surface area contributed by atoms with Crippen molar-refractivity contribution in [3.63, 3.8) is 0 Å². The number of hydrogen-bond acceptors (Lipinski definition) is 2. The number of hydrogen-bond donors (Lipinski definition) is 1. The van der Waals surface area contributed by atoms with Crippen molar-refractivity contribution in [2.24, 2.45) is 7.05 Å². The second-order valence-electron chi connectivity index (χ2n) is 1.85. The van der Waals surface area contributed by atoms with Gasteiger partial charge < -0.3 is 4.57 Å². The van der Waals surface area contributed by atoms with Crippen molar-refractivity contribution in [1.82, 2.24) is 9.55 Å². The van der Waals surface area contributed by atoms with Crippen molar-refractivity contribution < 1.29 is 0 Å². The Morgan fingerprint density at radius 1 is 1.60 bits per heavy atom. The number of halogens is 1. The maximum Gasteiger partial charge on any atom is 0.328 e. The fraction of sp³-hybridized carbons (Fsp3) is 0.200. The van der Waals surface area contributed by atoms with Gasteiger partial charge in [0.2, 0.25) is 0 Å². The van der Waals surface area contributed by atoms with E-state index in [1.807, 2.05) is 22.6 Å². The fourth-order valence-electron chi connectivity index (χ4n) is 0.532. The molecule has 1 N–H and O–H groups in total. The molecule has 0 unspecified atom stereocenters. The van der Waals surface area contributed by atoms with Crippen LogP contribution in [0.3, 0.4) is 0 Å². The summed E-state index contributed by atoms with van der Waals surface area (Å²) >= 11 is 1.86. The second-order valence-corrected chi connectivity index (χ2v) is 3.01. The average Bonchev–Trinajstić information content (AvgIpc) is 1.84. The summed E-state index contributed by atoms with van der Waals surface area (Å²) in [7, 11) is 1.58. The minimum Gasteiger partial charge on any atom is -0.303 e. The van der Waals surface area contributed by atoms with Crippen LogP contribution in [-0.4, -0.2) is 9.55 Å². The van der Waals surface area contributed by atoms with E-state index in [2.05, 4.69) is 4.98 Å². The molecule has 0 radical (unpaired) electrons. The predicted octanol–water partition coefficient (Wildman–Crippen LogP) is -0.322. The smallest absolute Gasteiger partial charge is 0.303 e. The van der Waals surface area contributed by atoms with Crippen LogP contribution in [0.2, 0.25) is 0 Å². The molecule has 0 atom stereocenters. The van der Waals surface area contributed by atoms with Gasteiger partial charge in [-0.05, 0) is 22.6 Å². The van der Waals surface area contributed by atoms with Crippen LogP contribution < -0.4 is 11.2 Å². The Morgan fingerprint density at radius 2 is 2.20 bits per heavy atom. The SMILES string of the molecule is Cn1cc(I)c(=O)[nH]c1=O. The van der Waals surface area contributed by atoms with Crippen LogP contribution in [-0.2, 0) is 7.05 Å². The van der Waals surface area contributed by atoms with E-state index in [9.17, 15) is 9.59 Å². The summed E-state index contributed by atoms with van der Waals surface area (Å²) in [5, 5.41) is 0. The molecule has 0 bridgehead atoms. The van der Waals surface area contributed by atoms with Crippen LogP contribution >= 0.6 is 22.6 Å². The van der Waals surface area contributed by atoms with Crippen LogP contribution in [0.5, 0.6) is 0 Å². The molecule has 0 fully saturated rings. The van der Waals surface area contributed by atoms with Gasteiger partial charge in [0, 0.05) is 13.2 Å². The fourth-order valence-corrected chi connectivity index (χ4v) is 1.08. The van der Waals surface area contributed by atoms with Crippen molar-refractivity contribution in [3.8, 4) is 0 Å². The van der Waals surface area contributed by atoms with Crippen LogP contribution in [0.1, 0.15) is 0 Å². The number of aromatic nitrogens is 2. The predicted molar refractivity (Wildman–Crippen MR) is 45.0 cm³/mol. The molecule has 5 heteroatoms. The third-order valence-corrected chi connectivity index (χ3v) is 1.83. The van der Waals surface area contributed by atoms with Crippen molar-refractivity contribution in [3.05, 3.63) is 30.6 Å². The van der Waals surface area contributed by atoms with Gasteiger partial charge >= 0.3 is 5.69 Å². The van der Waals surface area contributed by atoms with Gasteiger partial charge in [-0.3, -0.25) is 9.78 Å². The Kier molecular flexibility index (Phi) is 1.93. The summed E-state index contributed by atoms with van der Waals surface area (Å²) in [6.07, 6.45) is 1.49. The third kappa shape index (κ3) is 1.28. The van der Waals surface area contributed by atoms with Gasteiger partial charge in [0.05, 0.1) is 3.57 Å². The standard InChI is InChI=1S/C5H5IN2O2/c1-8-2-3(6)4(9)7-5(8)10/h2H,1H3,(H,7,9,10). The van der Waals surface area contributed by atoms with Gasteiger partial charge in [-0.2, -0.15) is 0 Å². The highest BCUT2D eigenvalue weighted by atomic mass is 127. The summed E-state index contributed by atoms with van der Waals surface area (Å²) in [6.45, 7) is 0. The third-order valence-electron chi connectivity index (χ3n) is 1.06. The van der Waals surface area contributed by atoms with Gasteiger partial charge in [-0.25, -0.2) is 4.79 Å². The van der Waals surface area contributed by atoms with Gasteiger partial charge in [0.1, 0.15) is 0 Å². The maximum absolute atomic E-state index is 10.7. The Balaban J connectivity index is 3.59. The first-order valence-electron chi connectivity index (χ1n) is 2.56. The van der Waals surface area contributed by atoms with Gasteiger partial charge in [-0.15, -0.1) is 0 Å². The van der Waals surface area contributed by atoms with Crippen LogP contribution in [0.4, 0.5) is 0 Å². The van der Waals surface area contributed by atoms with Crippen LogP contribution in [0.15, 0.2) is 15.8 Å². The molecule has 1 heterocycles. The molecule has 1 rings (SSSR count). The molecular formula is C5H5IN2O2. The van der Waals surface area contributed by atoms with Gasteiger partial charge in [0.25, 0.3) is 5.56 Å². The molecule has 0 aromatic carbocycles. The summed E-state index contributed by atoms with van der Waals surface area (Å²) in [5.74, 6) is 0. The monoisotopic (exact) mass is 252 g/mol. The second kappa shape index (κ2) is 2.57. The molecule has 1 aromatic heterocycles. The minimum atomic E-state index is -0.384. The minimum absolute atomic E-state index is 0.330. The zero-order valence-corrected chi connectivity index (χ0v) is 7.38. The first kappa shape index (κ1) is 7.52. The lowest BCUT2D eigenvalue weighted by Gasteiger charge is -1.93. The highest BCUT2D eigenvalue weighted by Crippen LogP contribution is 1.89. The van der Waals surface area contributed by atoms with Crippen LogP contribution in [0, 0.1) is 3.57 Å². The van der Waals surface area contributed by atoms with Gasteiger partial charge in [-0.1, -0.05) is 0 Å². The Morgan fingerprint density at radius 3 is 2.70 bits per heavy atom. The summed E-state index contributed by atoms with van der Waals surface area (Å²) in [6, 6.07) is 0. The summed E-state index contributed by atoms with van der Waals surface area (Å²) < 4.78 is 1.84. The van der Waals surface area contributed by atoms with E-state index in [-0.39, 0.29) is 11.2 Å². The van der Waals surface area contributed by atoms with Crippen LogP contribution in [0.25, 0.3) is 0 Å². The molecule has 0 saturated heterocycles. The molecular weight excluding hydrogens is 247 g/mol. The topological polar surface area (TPSA) is 54.9 Å². The van der Waals surface area contributed by atoms with Crippen molar-refractivity contribution in [1.29, 1.82) is 0 Å². The average molecular weight is 252 g/mol. The van der Waals surface area contributed by atoms with E-state index >= 15 is 0 Å². The van der Waals surface area contributed by atoms with Crippen molar-refractivity contribution in [2.45, 2.75) is 0 Å². The first-order valence-corrected chi connectivity index (χ1v) is 3.64. The quantitative estimate of drug-likeness (QED) is 0.643. The lowest BCUT2D eigenvalue weighted by molar-refractivity contribution is 0.792. The molecule has 0 aliphatic rings. The number of nitrogens with one attached hydrogen (secondary N) is 1. The summed E-state index contributed by atoms with van der Waals surface area (Å²) in [5.41, 5.74) is -0.714. The zero-order valence-electron chi connectivity index (χ0n) is 5.22. The van der Waals surface area contributed by atoms with E-state index in [0.717, 1.165) is 0 Å². The Bertz CT molecular complexity index is 320. The van der Waals surface area contributed by atoms with E-state index in [1.54, 1.807) is 7.05 Å². The van der Waals surface area contributed by atoms with E-state index in [0.29, 0.717) is 3.57 Å². The lowest BCUT2D eigenvalue weighted by Crippen LogP contribution is -2.28. The van der Waals surface area contributed by atoms with Crippen molar-refractivity contribution >= 4 is 22.6 Å². The summed E-state index contributed by atoms with van der Waals surface area (Å²) in [4.78, 5) is 23.6. The molecule has 54 valence electrons. The maximum atomic E-state index is 10.7. The van der Waals surface area contributed by atoms with Gasteiger partial charge in [0.15, 0.2) is 0 Å². The lowest BCUT2D eigenvalue weighted by atomic mass is 10.6. The Hall–Kier alpha value is -0.590. The highest BCUT2D eigenvalue weighted by molar-refractivity contribution is 14.1. The molecule has 0 aliphatic carbocycles. The normalized spacial score (nSPS) is 9.80. The van der Waals surface area contributed by atoms with E-state index in [4.69, 9.17) is 0 Å². The molecule has 0 spiro atoms. The van der Waals surface area contributed by atoms with Crippen molar-refractivity contribution in [2.75, 3.05) is 0 Å². The first-order chi connectivity index (χ1) is 4.61.